The second kappa shape index (κ2) is 21.1. The molecule has 0 saturated heterocycles. The zero-order chi connectivity index (χ0) is 40.6. The van der Waals surface area contributed by atoms with Crippen LogP contribution in [0.3, 0.4) is 0 Å². The van der Waals surface area contributed by atoms with E-state index in [0.29, 0.717) is 37.1 Å². The lowest BCUT2D eigenvalue weighted by atomic mass is 9.90. The summed E-state index contributed by atoms with van der Waals surface area (Å²) < 4.78 is 5.69. The molecule has 298 valence electrons. The normalized spacial score (nSPS) is 19.5. The Morgan fingerprint density at radius 2 is 1.32 bits per heavy atom. The fraction of sp³-hybridized carbons (Fsp3) is 0.333. The van der Waals surface area contributed by atoms with Gasteiger partial charge in [0.1, 0.15) is 17.8 Å². The third-order valence-electron chi connectivity index (χ3n) is 9.92. The third kappa shape index (κ3) is 13.4. The van der Waals surface area contributed by atoms with E-state index < -0.39 is 60.1 Å². The van der Waals surface area contributed by atoms with Crippen LogP contribution in [0.5, 0.6) is 5.75 Å². The standard InChI is InChI=1S/C45H50N4O8/c1-30(50)46-25-9-8-14-39-43(53)49-40(27-33-15-20-35(21-16-33)34-12-6-3-7-13-34)44(54)48-38(24-19-31-10-4-2-5-11-31)41(51)28-36(45(55)56)26-32-17-22-37(23-18-32)57-29-42(52)47-39/h2-7,10-13,15-18,20-23,36,38-40H,8-9,14,19,24-29H2,1H3,(H,46,50)(H,47,52)(H,48,54)(H,49,53)(H,55,56)/t36-,38+,39+,40-/m1/s1. The Morgan fingerprint density at radius 1 is 0.684 bits per heavy atom. The highest BCUT2D eigenvalue weighted by Crippen LogP contribution is 2.22. The van der Waals surface area contributed by atoms with E-state index in [-0.39, 0.29) is 38.0 Å². The summed E-state index contributed by atoms with van der Waals surface area (Å²) in [6, 6.07) is 30.2. The van der Waals surface area contributed by atoms with Gasteiger partial charge in [-0.25, -0.2) is 0 Å². The van der Waals surface area contributed by atoms with Gasteiger partial charge in [0.25, 0.3) is 5.91 Å². The van der Waals surface area contributed by atoms with Gasteiger partial charge in [0.15, 0.2) is 12.4 Å². The van der Waals surface area contributed by atoms with Crippen LogP contribution >= 0.6 is 0 Å². The molecular formula is C45H50N4O8. The van der Waals surface area contributed by atoms with Crippen LogP contribution in [-0.2, 0) is 48.0 Å². The van der Waals surface area contributed by atoms with Crippen molar-refractivity contribution in [3.8, 4) is 16.9 Å². The summed E-state index contributed by atoms with van der Waals surface area (Å²) in [7, 11) is 0. The summed E-state index contributed by atoms with van der Waals surface area (Å²) in [4.78, 5) is 79.5. The van der Waals surface area contributed by atoms with Gasteiger partial charge in [0, 0.05) is 26.3 Å². The van der Waals surface area contributed by atoms with Crippen molar-refractivity contribution in [1.29, 1.82) is 0 Å². The summed E-state index contributed by atoms with van der Waals surface area (Å²) in [6.45, 7) is 1.41. The maximum Gasteiger partial charge on any atom is 0.307 e. The van der Waals surface area contributed by atoms with Crippen molar-refractivity contribution in [3.05, 3.63) is 126 Å². The fourth-order valence-electron chi connectivity index (χ4n) is 6.75. The van der Waals surface area contributed by atoms with Crippen LogP contribution in [0.25, 0.3) is 11.1 Å². The van der Waals surface area contributed by atoms with Crippen LogP contribution in [0.15, 0.2) is 109 Å². The predicted octanol–water partition coefficient (Wildman–Crippen LogP) is 4.58. The Bertz CT molecular complexity index is 1970. The number of carboxylic acid groups (broad SMARTS) is 1. The van der Waals surface area contributed by atoms with Gasteiger partial charge in [0.2, 0.25) is 17.7 Å². The number of carbonyl (C=O) groups excluding carboxylic acids is 5. The Morgan fingerprint density at radius 3 is 1.98 bits per heavy atom. The summed E-state index contributed by atoms with van der Waals surface area (Å²) in [6.07, 6.45) is 1.65. The number of rotatable bonds is 12. The van der Waals surface area contributed by atoms with E-state index in [1.807, 2.05) is 84.9 Å². The highest BCUT2D eigenvalue weighted by atomic mass is 16.5. The van der Waals surface area contributed by atoms with Crippen molar-refractivity contribution in [2.75, 3.05) is 13.2 Å². The van der Waals surface area contributed by atoms with E-state index in [0.717, 1.165) is 22.3 Å². The first kappa shape index (κ1) is 41.9. The number of ketones is 1. The van der Waals surface area contributed by atoms with Crippen LogP contribution in [-0.4, -0.2) is 71.8 Å². The van der Waals surface area contributed by atoms with Crippen molar-refractivity contribution < 1.29 is 38.6 Å². The van der Waals surface area contributed by atoms with Gasteiger partial charge in [-0.1, -0.05) is 97.1 Å². The highest BCUT2D eigenvalue weighted by molar-refractivity contribution is 5.95. The number of fused-ring (bicyclic) bond motifs is 16. The molecule has 4 atom stereocenters. The van der Waals surface area contributed by atoms with E-state index >= 15 is 0 Å². The molecule has 0 aromatic heterocycles. The van der Waals surface area contributed by atoms with Gasteiger partial charge in [-0.3, -0.25) is 28.8 Å². The van der Waals surface area contributed by atoms with Crippen molar-refractivity contribution in [2.45, 2.75) is 76.4 Å². The largest absolute Gasteiger partial charge is 0.484 e. The molecule has 4 aromatic carbocycles. The van der Waals surface area contributed by atoms with Crippen molar-refractivity contribution in [3.63, 3.8) is 0 Å². The first-order valence-corrected chi connectivity index (χ1v) is 19.3. The predicted molar refractivity (Wildman–Crippen MR) is 215 cm³/mol. The monoisotopic (exact) mass is 774 g/mol. The van der Waals surface area contributed by atoms with Crippen LogP contribution in [0.2, 0.25) is 0 Å². The number of unbranched alkanes of at least 4 members (excludes halogenated alkanes) is 1. The Balaban J connectivity index is 1.46. The van der Waals surface area contributed by atoms with Crippen molar-refractivity contribution in [2.24, 2.45) is 5.92 Å². The zero-order valence-electron chi connectivity index (χ0n) is 32.1. The number of aliphatic carboxylic acids is 1. The number of amides is 4. The number of benzene rings is 4. The smallest absolute Gasteiger partial charge is 0.307 e. The van der Waals surface area contributed by atoms with Crippen molar-refractivity contribution >= 4 is 35.4 Å². The minimum Gasteiger partial charge on any atom is -0.484 e. The zero-order valence-corrected chi connectivity index (χ0v) is 32.1. The fourth-order valence-corrected chi connectivity index (χ4v) is 6.75. The number of nitrogens with one attached hydrogen (secondary N) is 4. The molecule has 0 radical (unpaired) electrons. The average Bonchev–Trinajstić information content (AvgIpc) is 3.21. The Hall–Kier alpha value is -6.30. The van der Waals surface area contributed by atoms with Gasteiger partial charge in [-0.15, -0.1) is 0 Å². The maximum absolute atomic E-state index is 14.3. The molecule has 2 aliphatic heterocycles. The summed E-state index contributed by atoms with van der Waals surface area (Å²) in [5.41, 5.74) is 4.31. The number of ether oxygens (including phenoxy) is 1. The molecule has 4 aromatic rings. The van der Waals surface area contributed by atoms with Crippen molar-refractivity contribution in [1.82, 2.24) is 21.3 Å². The van der Waals surface area contributed by atoms with Crippen LogP contribution in [0.1, 0.15) is 55.7 Å². The second-order valence-electron chi connectivity index (χ2n) is 14.4. The minimum absolute atomic E-state index is 0.0580. The molecular weight excluding hydrogens is 725 g/mol. The van der Waals surface area contributed by atoms with Crippen LogP contribution in [0.4, 0.5) is 0 Å². The number of hydrogen-bond acceptors (Lipinski definition) is 7. The molecule has 0 spiro atoms. The van der Waals surface area contributed by atoms with Gasteiger partial charge in [-0.05, 0) is 78.5 Å². The van der Waals surface area contributed by atoms with E-state index in [4.69, 9.17) is 4.74 Å². The van der Waals surface area contributed by atoms with Gasteiger partial charge in [0.05, 0.1) is 12.0 Å². The summed E-state index contributed by atoms with van der Waals surface area (Å²) in [5, 5.41) is 21.4. The molecule has 2 aliphatic rings. The Kier molecular flexibility index (Phi) is 15.5. The second-order valence-corrected chi connectivity index (χ2v) is 14.4. The van der Waals surface area contributed by atoms with Crippen LogP contribution < -0.4 is 26.0 Å². The molecule has 12 nitrogen and oxygen atoms in total. The third-order valence-corrected chi connectivity index (χ3v) is 9.92. The maximum atomic E-state index is 14.3. The number of carbonyl (C=O) groups is 6. The molecule has 2 heterocycles. The first-order valence-electron chi connectivity index (χ1n) is 19.3. The van der Waals surface area contributed by atoms with Gasteiger partial charge < -0.3 is 31.1 Å². The number of Topliss-reactive ketones (excluding diaryl/α,β-unsaturated/α-hetero) is 1. The quantitative estimate of drug-likeness (QED) is 0.103. The van der Waals surface area contributed by atoms with Gasteiger partial charge in [-0.2, -0.15) is 0 Å². The molecule has 0 unspecified atom stereocenters. The SMILES string of the molecule is CC(=O)NCCCC[C@@H]1NC(=O)COc2ccc(cc2)C[C@@H](C(=O)O)CC(=O)[C@H](CCc2ccccc2)NC(=O)[C@@H](Cc2ccc(-c3ccccc3)cc2)NC1=O. The summed E-state index contributed by atoms with van der Waals surface area (Å²) >= 11 is 0. The molecule has 0 aliphatic carbocycles. The van der Waals surface area contributed by atoms with Gasteiger partial charge >= 0.3 is 5.97 Å². The average molecular weight is 775 g/mol. The number of hydrogen-bond donors (Lipinski definition) is 5. The Labute approximate surface area is 332 Å². The molecule has 4 amide bonds. The van der Waals surface area contributed by atoms with E-state index in [2.05, 4.69) is 21.3 Å². The first-order chi connectivity index (χ1) is 27.5. The molecule has 57 heavy (non-hydrogen) atoms. The lowest BCUT2D eigenvalue weighted by Gasteiger charge is -2.26. The molecule has 2 bridgehead atoms. The molecule has 6 rings (SSSR count). The number of carboxylic acids is 1. The highest BCUT2D eigenvalue weighted by Gasteiger charge is 2.32. The lowest BCUT2D eigenvalue weighted by Crippen LogP contribution is -2.57. The molecule has 0 saturated carbocycles. The van der Waals surface area contributed by atoms with E-state index in [9.17, 15) is 33.9 Å². The molecule has 5 N–H and O–H groups in total. The number of aryl methyl sites for hydroxylation is 1. The minimum atomic E-state index is -1.17. The van der Waals surface area contributed by atoms with E-state index in [1.54, 1.807) is 24.3 Å². The molecule has 12 heteroatoms. The molecule has 0 fully saturated rings. The lowest BCUT2D eigenvalue weighted by molar-refractivity contribution is -0.144. The topological polar surface area (TPSA) is 180 Å². The van der Waals surface area contributed by atoms with Crippen LogP contribution in [0, 0.1) is 5.92 Å². The summed E-state index contributed by atoms with van der Waals surface area (Å²) in [5.74, 6) is -4.27. The van der Waals surface area contributed by atoms with E-state index in [1.165, 1.54) is 6.92 Å².